The van der Waals surface area contributed by atoms with E-state index in [2.05, 4.69) is 4.99 Å². The van der Waals surface area contributed by atoms with Gasteiger partial charge in [0.2, 0.25) is 0 Å². The van der Waals surface area contributed by atoms with Crippen LogP contribution in [0.15, 0.2) is 17.1 Å². The van der Waals surface area contributed by atoms with Crippen LogP contribution in [-0.2, 0) is 0 Å². The Balaban J connectivity index is 2.20. The van der Waals surface area contributed by atoms with Crippen LogP contribution in [0.4, 0.5) is 10.1 Å². The van der Waals surface area contributed by atoms with Gasteiger partial charge in [0.1, 0.15) is 11.5 Å². The number of hydrogen-bond donors (Lipinski definition) is 1. The Hall–Kier alpha value is -1.62. The topological polar surface area (TPSA) is 58.7 Å². The minimum atomic E-state index is -0.663. The van der Waals surface area contributed by atoms with E-state index in [1.54, 1.807) is 6.07 Å². The van der Waals surface area contributed by atoms with Gasteiger partial charge in [-0.2, -0.15) is 0 Å². The predicted octanol–water partition coefficient (Wildman–Crippen LogP) is 2.30. The number of aliphatic imine (C=N–C) groups is 1. The summed E-state index contributed by atoms with van der Waals surface area (Å²) in [6.07, 6.45) is 1.85. The first-order valence-corrected chi connectivity index (χ1v) is 6.10. The molecule has 94 valence electrons. The van der Waals surface area contributed by atoms with Gasteiger partial charge in [-0.25, -0.2) is 9.38 Å². The molecule has 0 aliphatic carbocycles. The third kappa shape index (κ3) is 1.58. The number of nitrogens with two attached hydrogens (primary N) is 1. The molecule has 0 aromatic heterocycles. The van der Waals surface area contributed by atoms with E-state index in [9.17, 15) is 9.18 Å². The van der Waals surface area contributed by atoms with Gasteiger partial charge in [0.25, 0.3) is 5.24 Å². The Labute approximate surface area is 108 Å². The number of guanidine groups is 1. The van der Waals surface area contributed by atoms with Gasteiger partial charge in [-0.1, -0.05) is 0 Å². The SMILES string of the molecule is NC1=Nc2c(F)cc(C(=O)Cl)cc2[C@H]2CCCN12. The largest absolute Gasteiger partial charge is 0.369 e. The molecule has 1 atom stereocenters. The van der Waals surface area contributed by atoms with Crippen LogP contribution < -0.4 is 5.73 Å². The van der Waals surface area contributed by atoms with Crippen molar-refractivity contribution in [3.05, 3.63) is 29.1 Å². The van der Waals surface area contributed by atoms with Crippen LogP contribution in [0.3, 0.4) is 0 Å². The minimum Gasteiger partial charge on any atom is -0.369 e. The molecule has 18 heavy (non-hydrogen) atoms. The highest BCUT2D eigenvalue weighted by Gasteiger charge is 2.34. The summed E-state index contributed by atoms with van der Waals surface area (Å²) in [5.41, 5.74) is 6.91. The van der Waals surface area contributed by atoms with Crippen molar-refractivity contribution in [2.45, 2.75) is 18.9 Å². The summed E-state index contributed by atoms with van der Waals surface area (Å²) in [5.74, 6) is -0.208. The van der Waals surface area contributed by atoms with Crippen LogP contribution in [0.2, 0.25) is 0 Å². The number of fused-ring (bicyclic) bond motifs is 3. The van der Waals surface area contributed by atoms with Gasteiger partial charge < -0.3 is 10.6 Å². The molecule has 0 bridgehead atoms. The second-order valence-corrected chi connectivity index (χ2v) is 4.83. The fourth-order valence-corrected chi connectivity index (χ4v) is 2.76. The van der Waals surface area contributed by atoms with Gasteiger partial charge in [0.15, 0.2) is 5.96 Å². The van der Waals surface area contributed by atoms with Crippen LogP contribution in [0.1, 0.15) is 34.8 Å². The second kappa shape index (κ2) is 3.95. The van der Waals surface area contributed by atoms with E-state index in [1.807, 2.05) is 4.90 Å². The molecule has 1 aromatic rings. The molecule has 0 radical (unpaired) electrons. The van der Waals surface area contributed by atoms with Crippen molar-refractivity contribution < 1.29 is 9.18 Å². The predicted molar refractivity (Wildman–Crippen MR) is 66.5 cm³/mol. The maximum absolute atomic E-state index is 13.9. The average Bonchev–Trinajstić information content (AvgIpc) is 2.80. The number of halogens is 2. The maximum Gasteiger partial charge on any atom is 0.252 e. The molecular formula is C12H11ClFN3O. The summed E-state index contributed by atoms with van der Waals surface area (Å²) in [5, 5.41) is -0.663. The lowest BCUT2D eigenvalue weighted by molar-refractivity contribution is 0.108. The first-order chi connectivity index (χ1) is 8.58. The van der Waals surface area contributed by atoms with Crippen molar-refractivity contribution in [2.24, 2.45) is 10.7 Å². The molecule has 0 amide bonds. The number of benzene rings is 1. The summed E-state index contributed by atoms with van der Waals surface area (Å²) in [4.78, 5) is 17.2. The molecule has 2 N–H and O–H groups in total. The third-order valence-electron chi connectivity index (χ3n) is 3.45. The molecule has 1 aromatic carbocycles. The average molecular weight is 268 g/mol. The van der Waals surface area contributed by atoms with Crippen molar-refractivity contribution in [1.29, 1.82) is 0 Å². The number of carbonyl (C=O) groups excluding carboxylic acids is 1. The maximum atomic E-state index is 13.9. The molecular weight excluding hydrogens is 257 g/mol. The highest BCUT2D eigenvalue weighted by molar-refractivity contribution is 6.67. The zero-order valence-corrected chi connectivity index (χ0v) is 10.2. The Kier molecular flexibility index (Phi) is 2.52. The number of carbonyl (C=O) groups is 1. The van der Waals surface area contributed by atoms with E-state index in [4.69, 9.17) is 17.3 Å². The van der Waals surface area contributed by atoms with E-state index < -0.39 is 11.1 Å². The lowest BCUT2D eigenvalue weighted by Gasteiger charge is -2.31. The molecule has 3 rings (SSSR count). The second-order valence-electron chi connectivity index (χ2n) is 4.49. The fraction of sp³-hybridized carbons (Fsp3) is 0.333. The van der Waals surface area contributed by atoms with E-state index in [0.29, 0.717) is 11.5 Å². The molecule has 1 fully saturated rings. The van der Waals surface area contributed by atoms with Crippen LogP contribution in [0.5, 0.6) is 0 Å². The van der Waals surface area contributed by atoms with Gasteiger partial charge in [0.05, 0.1) is 6.04 Å². The first-order valence-electron chi connectivity index (χ1n) is 5.72. The molecule has 2 heterocycles. The Morgan fingerprint density at radius 1 is 1.56 bits per heavy atom. The van der Waals surface area contributed by atoms with Crippen molar-refractivity contribution in [3.63, 3.8) is 0 Å². The normalized spacial score (nSPS) is 21.3. The zero-order chi connectivity index (χ0) is 12.9. The quantitative estimate of drug-likeness (QED) is 0.795. The van der Waals surface area contributed by atoms with Crippen LogP contribution in [0, 0.1) is 5.82 Å². The highest BCUT2D eigenvalue weighted by atomic mass is 35.5. The van der Waals surface area contributed by atoms with Gasteiger partial charge in [-0.3, -0.25) is 4.79 Å². The van der Waals surface area contributed by atoms with E-state index in [1.165, 1.54) is 0 Å². The Morgan fingerprint density at radius 2 is 2.33 bits per heavy atom. The van der Waals surface area contributed by atoms with Crippen molar-refractivity contribution in [1.82, 2.24) is 4.90 Å². The summed E-state index contributed by atoms with van der Waals surface area (Å²) in [6, 6.07) is 2.73. The molecule has 4 nitrogen and oxygen atoms in total. The van der Waals surface area contributed by atoms with Gasteiger partial charge >= 0.3 is 0 Å². The highest BCUT2D eigenvalue weighted by Crippen LogP contribution is 2.42. The summed E-state index contributed by atoms with van der Waals surface area (Å²) in [6.45, 7) is 0.806. The standard InChI is InChI=1S/C12H11ClFN3O/c13-11(18)6-4-7-9-2-1-3-17(9)12(15)16-10(7)8(14)5-6/h4-5,9H,1-3H2,(H2,15,16)/t9-/m1/s1. The van der Waals surface area contributed by atoms with E-state index in [-0.39, 0.29) is 17.3 Å². The number of hydrogen-bond acceptors (Lipinski definition) is 4. The molecule has 0 saturated carbocycles. The Morgan fingerprint density at radius 3 is 3.06 bits per heavy atom. The molecule has 2 aliphatic rings. The minimum absolute atomic E-state index is 0.00275. The lowest BCUT2D eigenvalue weighted by atomic mass is 9.98. The zero-order valence-electron chi connectivity index (χ0n) is 9.49. The lowest BCUT2D eigenvalue weighted by Crippen LogP contribution is -2.38. The third-order valence-corrected chi connectivity index (χ3v) is 3.67. The van der Waals surface area contributed by atoms with Gasteiger partial charge in [-0.05, 0) is 36.6 Å². The van der Waals surface area contributed by atoms with Crippen molar-refractivity contribution >= 4 is 28.5 Å². The van der Waals surface area contributed by atoms with Crippen molar-refractivity contribution in [3.8, 4) is 0 Å². The Bertz CT molecular complexity index is 573. The molecule has 0 unspecified atom stereocenters. The van der Waals surface area contributed by atoms with Crippen molar-refractivity contribution in [2.75, 3.05) is 6.54 Å². The fourth-order valence-electron chi connectivity index (χ4n) is 2.65. The summed E-state index contributed by atoms with van der Waals surface area (Å²) >= 11 is 5.41. The summed E-state index contributed by atoms with van der Waals surface area (Å²) in [7, 11) is 0. The van der Waals surface area contributed by atoms with Gasteiger partial charge in [-0.15, -0.1) is 0 Å². The molecule has 6 heteroatoms. The van der Waals surface area contributed by atoms with E-state index in [0.717, 1.165) is 25.5 Å². The molecule has 0 spiro atoms. The monoisotopic (exact) mass is 267 g/mol. The van der Waals surface area contributed by atoms with Gasteiger partial charge in [0, 0.05) is 17.7 Å². The first kappa shape index (κ1) is 11.5. The number of nitrogens with zero attached hydrogens (tertiary/aromatic N) is 2. The number of rotatable bonds is 1. The molecule has 1 saturated heterocycles. The van der Waals surface area contributed by atoms with E-state index >= 15 is 0 Å². The molecule has 2 aliphatic heterocycles. The summed E-state index contributed by atoms with van der Waals surface area (Å²) < 4.78 is 13.9. The smallest absolute Gasteiger partial charge is 0.252 e. The van der Waals surface area contributed by atoms with Crippen LogP contribution in [-0.4, -0.2) is 22.6 Å². The van der Waals surface area contributed by atoms with Crippen LogP contribution >= 0.6 is 11.6 Å². The van der Waals surface area contributed by atoms with Crippen LogP contribution in [0.25, 0.3) is 0 Å².